The van der Waals surface area contributed by atoms with Crippen LogP contribution in [0.5, 0.6) is 0 Å². The molecule has 0 fully saturated rings. The molecule has 0 rings (SSSR count). The minimum atomic E-state index is 0.0369. The van der Waals surface area contributed by atoms with Gasteiger partial charge in [-0.1, -0.05) is 6.92 Å². The molecule has 2 atom stereocenters. The van der Waals surface area contributed by atoms with Crippen LogP contribution in [0, 0.1) is 0 Å². The van der Waals surface area contributed by atoms with E-state index in [1.54, 1.807) is 0 Å². The van der Waals surface area contributed by atoms with E-state index in [2.05, 4.69) is 32.8 Å². The van der Waals surface area contributed by atoms with Crippen molar-refractivity contribution in [2.75, 3.05) is 27.3 Å². The van der Waals surface area contributed by atoms with Crippen LogP contribution in [0.25, 0.3) is 0 Å². The molecule has 0 heterocycles. The summed E-state index contributed by atoms with van der Waals surface area (Å²) in [5.74, 6) is 0. The molecular formula is C10H24N2O. The van der Waals surface area contributed by atoms with Crippen LogP contribution in [0.3, 0.4) is 0 Å². The molecule has 13 heavy (non-hydrogen) atoms. The number of ether oxygens (including phenoxy) is 1. The Bertz CT molecular complexity index is 139. The van der Waals surface area contributed by atoms with Gasteiger partial charge in [0.15, 0.2) is 0 Å². The van der Waals surface area contributed by atoms with Crippen molar-refractivity contribution in [3.63, 3.8) is 0 Å². The van der Waals surface area contributed by atoms with Crippen molar-refractivity contribution in [1.29, 1.82) is 0 Å². The first-order valence-corrected chi connectivity index (χ1v) is 4.99. The minimum Gasteiger partial charge on any atom is -0.380 e. The molecule has 0 aromatic rings. The van der Waals surface area contributed by atoms with Crippen LogP contribution in [0.1, 0.15) is 27.2 Å². The fourth-order valence-corrected chi connectivity index (χ4v) is 1.33. The van der Waals surface area contributed by atoms with Gasteiger partial charge in [0, 0.05) is 18.2 Å². The van der Waals surface area contributed by atoms with Crippen LogP contribution in [-0.4, -0.2) is 43.8 Å². The van der Waals surface area contributed by atoms with E-state index < -0.39 is 0 Å². The zero-order valence-corrected chi connectivity index (χ0v) is 9.63. The molecule has 0 aromatic carbocycles. The monoisotopic (exact) mass is 188 g/mol. The van der Waals surface area contributed by atoms with Crippen LogP contribution < -0.4 is 5.73 Å². The van der Waals surface area contributed by atoms with Crippen molar-refractivity contribution in [2.45, 2.75) is 38.8 Å². The van der Waals surface area contributed by atoms with Crippen LogP contribution in [0.2, 0.25) is 0 Å². The summed E-state index contributed by atoms with van der Waals surface area (Å²) in [6.45, 7) is 7.70. The van der Waals surface area contributed by atoms with Gasteiger partial charge in [-0.05, 0) is 34.4 Å². The lowest BCUT2D eigenvalue weighted by Gasteiger charge is -2.40. The highest BCUT2D eigenvalue weighted by Crippen LogP contribution is 2.19. The summed E-state index contributed by atoms with van der Waals surface area (Å²) in [6.07, 6.45) is 1.04. The highest BCUT2D eigenvalue weighted by atomic mass is 16.5. The van der Waals surface area contributed by atoms with E-state index in [0.29, 0.717) is 6.61 Å². The van der Waals surface area contributed by atoms with E-state index in [4.69, 9.17) is 10.5 Å². The van der Waals surface area contributed by atoms with Crippen molar-refractivity contribution in [2.24, 2.45) is 5.73 Å². The molecule has 0 aliphatic rings. The molecule has 3 heteroatoms. The molecule has 0 bridgehead atoms. The Hall–Kier alpha value is -0.120. The zero-order chi connectivity index (χ0) is 10.5. The first-order chi connectivity index (χ1) is 5.99. The smallest absolute Gasteiger partial charge is 0.0635 e. The number of hydrogen-bond donors (Lipinski definition) is 1. The highest BCUT2D eigenvalue weighted by Gasteiger charge is 2.31. The molecule has 0 aromatic heterocycles. The summed E-state index contributed by atoms with van der Waals surface area (Å²) in [5.41, 5.74) is 6.12. The number of nitrogens with two attached hydrogens (primary N) is 1. The quantitative estimate of drug-likeness (QED) is 0.678. The molecule has 0 spiro atoms. The molecule has 0 aliphatic carbocycles. The van der Waals surface area contributed by atoms with Crippen LogP contribution >= 0.6 is 0 Å². The van der Waals surface area contributed by atoms with E-state index in [9.17, 15) is 0 Å². The summed E-state index contributed by atoms with van der Waals surface area (Å²) in [4.78, 5) is 2.18. The summed E-state index contributed by atoms with van der Waals surface area (Å²) in [6, 6.07) is 0.0763. The van der Waals surface area contributed by atoms with Crippen molar-refractivity contribution in [3.05, 3.63) is 0 Å². The molecule has 0 radical (unpaired) electrons. The van der Waals surface area contributed by atoms with E-state index in [1.807, 2.05) is 6.92 Å². The van der Waals surface area contributed by atoms with Gasteiger partial charge in [-0.2, -0.15) is 0 Å². The molecule has 3 nitrogen and oxygen atoms in total. The van der Waals surface area contributed by atoms with E-state index in [0.717, 1.165) is 13.0 Å². The Kier molecular flexibility index (Phi) is 5.53. The van der Waals surface area contributed by atoms with Gasteiger partial charge in [-0.15, -0.1) is 0 Å². The van der Waals surface area contributed by atoms with Gasteiger partial charge in [-0.3, -0.25) is 0 Å². The van der Waals surface area contributed by atoms with Crippen LogP contribution in [0.4, 0.5) is 0 Å². The topological polar surface area (TPSA) is 38.5 Å². The molecular weight excluding hydrogens is 164 g/mol. The van der Waals surface area contributed by atoms with Gasteiger partial charge >= 0.3 is 0 Å². The van der Waals surface area contributed by atoms with Crippen molar-refractivity contribution in [1.82, 2.24) is 4.90 Å². The molecule has 2 unspecified atom stereocenters. The molecule has 0 saturated carbocycles. The second-order valence-corrected chi connectivity index (χ2v) is 3.87. The predicted octanol–water partition coefficient (Wildman–Crippen LogP) is 1.08. The van der Waals surface area contributed by atoms with Crippen molar-refractivity contribution in [3.8, 4) is 0 Å². The molecule has 2 N–H and O–H groups in total. The maximum atomic E-state index is 6.08. The number of hydrogen-bond acceptors (Lipinski definition) is 3. The SMILES string of the molecule is CCOCC(N)C(C)(CC)N(C)C. The number of likely N-dealkylation sites (N-methyl/N-ethyl adjacent to an activating group) is 1. The van der Waals surface area contributed by atoms with E-state index in [1.165, 1.54) is 0 Å². The van der Waals surface area contributed by atoms with Crippen molar-refractivity contribution < 1.29 is 4.74 Å². The van der Waals surface area contributed by atoms with Crippen LogP contribution in [-0.2, 0) is 4.74 Å². The summed E-state index contributed by atoms with van der Waals surface area (Å²) in [5, 5.41) is 0. The van der Waals surface area contributed by atoms with Crippen molar-refractivity contribution >= 4 is 0 Å². The summed E-state index contributed by atoms with van der Waals surface area (Å²) >= 11 is 0. The molecule has 0 amide bonds. The molecule has 0 saturated heterocycles. The minimum absolute atomic E-state index is 0.0369. The third-order valence-electron chi connectivity index (χ3n) is 3.04. The lowest BCUT2D eigenvalue weighted by molar-refractivity contribution is 0.0574. The standard InChI is InChI=1S/C10H24N2O/c1-6-10(3,12(4)5)9(11)8-13-7-2/h9H,6-8,11H2,1-5H3. The Morgan fingerprint density at radius 3 is 2.23 bits per heavy atom. The highest BCUT2D eigenvalue weighted by molar-refractivity contribution is 4.91. The first-order valence-electron chi connectivity index (χ1n) is 4.99. The average Bonchev–Trinajstić information content (AvgIpc) is 2.12. The van der Waals surface area contributed by atoms with Gasteiger partial charge in [0.1, 0.15) is 0 Å². The average molecular weight is 188 g/mol. The lowest BCUT2D eigenvalue weighted by atomic mass is 9.89. The largest absolute Gasteiger partial charge is 0.380 e. The molecule has 0 aliphatic heterocycles. The Labute approximate surface area is 82.2 Å². The fraction of sp³-hybridized carbons (Fsp3) is 1.00. The second-order valence-electron chi connectivity index (χ2n) is 3.87. The Balaban J connectivity index is 4.20. The number of nitrogens with zero attached hydrogens (tertiary/aromatic N) is 1. The van der Waals surface area contributed by atoms with Gasteiger partial charge in [0.25, 0.3) is 0 Å². The third kappa shape index (κ3) is 3.25. The van der Waals surface area contributed by atoms with E-state index >= 15 is 0 Å². The molecule has 80 valence electrons. The maximum Gasteiger partial charge on any atom is 0.0635 e. The third-order valence-corrected chi connectivity index (χ3v) is 3.04. The van der Waals surface area contributed by atoms with E-state index in [-0.39, 0.29) is 11.6 Å². The van der Waals surface area contributed by atoms with Gasteiger partial charge in [0.2, 0.25) is 0 Å². The Morgan fingerprint density at radius 1 is 1.38 bits per heavy atom. The number of rotatable bonds is 6. The zero-order valence-electron chi connectivity index (χ0n) is 9.63. The lowest BCUT2D eigenvalue weighted by Crippen LogP contribution is -2.56. The van der Waals surface area contributed by atoms with Gasteiger partial charge < -0.3 is 15.4 Å². The maximum absolute atomic E-state index is 6.08. The summed E-state index contributed by atoms with van der Waals surface area (Å²) < 4.78 is 5.34. The normalized spacial score (nSPS) is 18.7. The predicted molar refractivity (Wildman–Crippen MR) is 56.9 cm³/mol. The first kappa shape index (κ1) is 12.9. The summed E-state index contributed by atoms with van der Waals surface area (Å²) in [7, 11) is 4.13. The van der Waals surface area contributed by atoms with Gasteiger partial charge in [-0.25, -0.2) is 0 Å². The van der Waals surface area contributed by atoms with Gasteiger partial charge in [0.05, 0.1) is 6.61 Å². The second kappa shape index (κ2) is 5.58. The Morgan fingerprint density at radius 2 is 1.92 bits per heavy atom. The fourth-order valence-electron chi connectivity index (χ4n) is 1.33. The van der Waals surface area contributed by atoms with Crippen LogP contribution in [0.15, 0.2) is 0 Å².